The van der Waals surface area contributed by atoms with E-state index in [1.807, 2.05) is 18.2 Å². The minimum atomic E-state index is 0.746. The van der Waals surface area contributed by atoms with Gasteiger partial charge < -0.3 is 0 Å². The van der Waals surface area contributed by atoms with E-state index < -0.39 is 0 Å². The van der Waals surface area contributed by atoms with Crippen molar-refractivity contribution in [2.24, 2.45) is 0 Å². The van der Waals surface area contributed by atoms with Crippen LogP contribution in [0.1, 0.15) is 12.1 Å². The molecular weight excluding hydrogens is 174 g/mol. The number of rotatable bonds is 3. The highest BCUT2D eigenvalue weighted by molar-refractivity contribution is 8.11. The summed E-state index contributed by atoms with van der Waals surface area (Å²) in [5.74, 6) is 0. The van der Waals surface area contributed by atoms with Gasteiger partial charge >= 0.3 is 0 Å². The van der Waals surface area contributed by atoms with Crippen molar-refractivity contribution in [1.29, 1.82) is 0 Å². The molecule has 0 aromatic carbocycles. The monoisotopic (exact) mass is 183 g/mol. The van der Waals surface area contributed by atoms with Crippen molar-refractivity contribution in [1.82, 2.24) is 4.98 Å². The fourth-order valence-corrected chi connectivity index (χ4v) is 0.995. The van der Waals surface area contributed by atoms with Crippen molar-refractivity contribution in [2.45, 2.75) is 12.8 Å². The van der Waals surface area contributed by atoms with E-state index in [4.69, 9.17) is 12.2 Å². The number of nitrogens with zero attached hydrogens (tertiary/aromatic N) is 1. The van der Waals surface area contributed by atoms with Gasteiger partial charge in [-0.25, -0.2) is 0 Å². The molecule has 0 aliphatic carbocycles. The molecule has 3 heteroatoms. The molecule has 0 fully saturated rings. The van der Waals surface area contributed by atoms with Crippen LogP contribution >= 0.6 is 24.8 Å². The van der Waals surface area contributed by atoms with Gasteiger partial charge in [-0.2, -0.15) is 0 Å². The van der Waals surface area contributed by atoms with E-state index in [0.717, 1.165) is 22.7 Å². The normalized spacial score (nSPS) is 9.55. The summed E-state index contributed by atoms with van der Waals surface area (Å²) >= 11 is 8.86. The molecule has 1 rings (SSSR count). The lowest BCUT2D eigenvalue weighted by Crippen LogP contribution is -1.91. The molecule has 1 aromatic heterocycles. The molecule has 0 N–H and O–H groups in total. The van der Waals surface area contributed by atoms with E-state index in [1.165, 1.54) is 0 Å². The van der Waals surface area contributed by atoms with E-state index in [0.29, 0.717) is 0 Å². The maximum absolute atomic E-state index is 4.83. The van der Waals surface area contributed by atoms with Gasteiger partial charge in [0.25, 0.3) is 0 Å². The van der Waals surface area contributed by atoms with E-state index in [2.05, 4.69) is 17.6 Å². The largest absolute Gasteiger partial charge is 0.261 e. The molecule has 0 aliphatic rings. The summed E-state index contributed by atoms with van der Waals surface area (Å²) in [5, 5.41) is 0. The average molecular weight is 183 g/mol. The highest BCUT2D eigenvalue weighted by atomic mass is 32.1. The van der Waals surface area contributed by atoms with E-state index in [1.54, 1.807) is 6.20 Å². The zero-order valence-electron chi connectivity index (χ0n) is 6.03. The minimum absolute atomic E-state index is 0.746. The van der Waals surface area contributed by atoms with Gasteiger partial charge in [0.05, 0.1) is 0 Å². The van der Waals surface area contributed by atoms with Crippen molar-refractivity contribution in [2.75, 3.05) is 0 Å². The highest BCUT2D eigenvalue weighted by Crippen LogP contribution is 2.01. The van der Waals surface area contributed by atoms with Crippen molar-refractivity contribution in [3.63, 3.8) is 0 Å². The number of thiocarbonyl (C=S) groups is 1. The Hall–Kier alpha value is -0.410. The molecule has 0 spiro atoms. The molecule has 1 aromatic rings. The molecule has 0 amide bonds. The molecule has 1 heterocycles. The van der Waals surface area contributed by atoms with Crippen LogP contribution in [0.3, 0.4) is 0 Å². The van der Waals surface area contributed by atoms with Crippen LogP contribution in [0.4, 0.5) is 0 Å². The summed E-state index contributed by atoms with van der Waals surface area (Å²) in [7, 11) is 0. The van der Waals surface area contributed by atoms with Crippen molar-refractivity contribution in [3.05, 3.63) is 30.1 Å². The molecule has 11 heavy (non-hydrogen) atoms. The Balaban J connectivity index is 2.45. The molecule has 58 valence electrons. The Morgan fingerprint density at radius 2 is 2.36 bits per heavy atom. The van der Waals surface area contributed by atoms with Gasteiger partial charge in [0, 0.05) is 16.1 Å². The molecule has 0 atom stereocenters. The summed E-state index contributed by atoms with van der Waals surface area (Å²) < 4.78 is 0.746. The Morgan fingerprint density at radius 1 is 1.55 bits per heavy atom. The first-order valence-corrected chi connectivity index (χ1v) is 4.26. The maximum atomic E-state index is 4.83. The predicted molar refractivity (Wildman–Crippen MR) is 54.1 cm³/mol. The molecule has 0 radical (unpaired) electrons. The number of hydrogen-bond donors (Lipinski definition) is 1. The second kappa shape index (κ2) is 4.46. The van der Waals surface area contributed by atoms with Crippen LogP contribution in [-0.4, -0.2) is 9.18 Å². The lowest BCUT2D eigenvalue weighted by atomic mass is 10.2. The Kier molecular flexibility index (Phi) is 3.52. The van der Waals surface area contributed by atoms with Gasteiger partial charge in [-0.3, -0.25) is 4.98 Å². The lowest BCUT2D eigenvalue weighted by Gasteiger charge is -1.96. The summed E-state index contributed by atoms with van der Waals surface area (Å²) in [6, 6.07) is 5.87. The Bertz CT molecular complexity index is 233. The van der Waals surface area contributed by atoms with Crippen LogP contribution in [0, 0.1) is 0 Å². The summed E-state index contributed by atoms with van der Waals surface area (Å²) in [5.41, 5.74) is 1.07. The molecule has 0 aliphatic heterocycles. The van der Waals surface area contributed by atoms with Crippen LogP contribution in [-0.2, 0) is 6.42 Å². The number of thiol groups is 1. The molecule has 0 bridgehead atoms. The SMILES string of the molecule is S=C(S)CCc1ccccn1. The number of pyridine rings is 1. The fourth-order valence-electron chi connectivity index (χ4n) is 0.781. The van der Waals surface area contributed by atoms with Gasteiger partial charge in [-0.15, -0.1) is 12.6 Å². The van der Waals surface area contributed by atoms with Crippen LogP contribution < -0.4 is 0 Å². The average Bonchev–Trinajstić information content (AvgIpc) is 2.03. The molecule has 0 unspecified atom stereocenters. The molecule has 0 saturated carbocycles. The first-order chi connectivity index (χ1) is 5.29. The zero-order valence-corrected chi connectivity index (χ0v) is 7.74. The second-order valence-corrected chi connectivity index (χ2v) is 3.55. The van der Waals surface area contributed by atoms with Gasteiger partial charge in [0.2, 0.25) is 0 Å². The highest BCUT2D eigenvalue weighted by Gasteiger charge is 1.93. The fraction of sp³-hybridized carbons (Fsp3) is 0.250. The van der Waals surface area contributed by atoms with E-state index >= 15 is 0 Å². The van der Waals surface area contributed by atoms with Crippen LogP contribution in [0.25, 0.3) is 0 Å². The molecule has 1 nitrogen and oxygen atoms in total. The van der Waals surface area contributed by atoms with Crippen LogP contribution in [0.15, 0.2) is 24.4 Å². The smallest absolute Gasteiger partial charge is 0.0451 e. The van der Waals surface area contributed by atoms with Crippen molar-refractivity contribution < 1.29 is 0 Å². The van der Waals surface area contributed by atoms with Crippen LogP contribution in [0.2, 0.25) is 0 Å². The first-order valence-electron chi connectivity index (χ1n) is 3.41. The third-order valence-corrected chi connectivity index (χ3v) is 1.75. The third kappa shape index (κ3) is 3.49. The number of aryl methyl sites for hydroxylation is 1. The third-order valence-electron chi connectivity index (χ3n) is 1.32. The first kappa shape index (κ1) is 8.68. The summed E-state index contributed by atoms with van der Waals surface area (Å²) in [6.45, 7) is 0. The quantitative estimate of drug-likeness (QED) is 0.570. The maximum Gasteiger partial charge on any atom is 0.0451 e. The zero-order chi connectivity index (χ0) is 8.10. The minimum Gasteiger partial charge on any atom is -0.261 e. The predicted octanol–water partition coefficient (Wildman–Crippen LogP) is 2.27. The summed E-state index contributed by atoms with van der Waals surface area (Å²) in [6.07, 6.45) is 3.51. The van der Waals surface area contributed by atoms with Gasteiger partial charge in [-0.1, -0.05) is 18.3 Å². The van der Waals surface area contributed by atoms with Gasteiger partial charge in [0.15, 0.2) is 0 Å². The molecule has 0 saturated heterocycles. The van der Waals surface area contributed by atoms with Crippen molar-refractivity contribution >= 4 is 29.0 Å². The topological polar surface area (TPSA) is 12.9 Å². The standard InChI is InChI=1S/C8H9NS2/c10-8(11)5-4-7-3-1-2-6-9-7/h1-3,6H,4-5H2,(H,10,11). The molecular formula is C8H9NS2. The number of aromatic nitrogens is 1. The van der Waals surface area contributed by atoms with Gasteiger partial charge in [0.1, 0.15) is 0 Å². The lowest BCUT2D eigenvalue weighted by molar-refractivity contribution is 0.986. The second-order valence-electron chi connectivity index (χ2n) is 2.21. The van der Waals surface area contributed by atoms with E-state index in [-0.39, 0.29) is 0 Å². The van der Waals surface area contributed by atoms with Crippen LogP contribution in [0.5, 0.6) is 0 Å². The number of hydrogen-bond acceptors (Lipinski definition) is 2. The Morgan fingerprint density at radius 3 is 2.91 bits per heavy atom. The van der Waals surface area contributed by atoms with Gasteiger partial charge in [-0.05, 0) is 25.0 Å². The summed E-state index contributed by atoms with van der Waals surface area (Å²) in [4.78, 5) is 4.16. The van der Waals surface area contributed by atoms with Crippen molar-refractivity contribution in [3.8, 4) is 0 Å². The van der Waals surface area contributed by atoms with E-state index in [9.17, 15) is 0 Å². The Labute approximate surface area is 77.3 Å².